The van der Waals surface area contributed by atoms with Crippen LogP contribution in [0.25, 0.3) is 0 Å². The van der Waals surface area contributed by atoms with Crippen molar-refractivity contribution in [3.05, 3.63) is 18.3 Å². The third kappa shape index (κ3) is 2.99. The lowest BCUT2D eigenvalue weighted by atomic mass is 10.1. The summed E-state index contributed by atoms with van der Waals surface area (Å²) < 4.78 is 10.1. The monoisotopic (exact) mass is 346 g/mol. The second kappa shape index (κ2) is 6.67. The van der Waals surface area contributed by atoms with Crippen LogP contribution in [0.1, 0.15) is 6.42 Å². The molecule has 3 aliphatic heterocycles. The molecule has 1 aromatic heterocycles. The smallest absolute Gasteiger partial charge is 0.179 e. The molecule has 4 heterocycles. The minimum atomic E-state index is 0.331. The van der Waals surface area contributed by atoms with Gasteiger partial charge in [-0.25, -0.2) is 9.29 Å². The number of rotatable bonds is 4. The first-order chi connectivity index (χ1) is 11.8. The number of pyridine rings is 1. The highest BCUT2D eigenvalue weighted by molar-refractivity contribution is 7.98. The summed E-state index contributed by atoms with van der Waals surface area (Å²) in [6.45, 7) is 5.59. The molecule has 0 aliphatic carbocycles. The van der Waals surface area contributed by atoms with E-state index in [1.165, 1.54) is 5.69 Å². The first kappa shape index (κ1) is 15.8. The van der Waals surface area contributed by atoms with Crippen molar-refractivity contribution in [2.75, 3.05) is 55.6 Å². The molecule has 0 N–H and O–H groups in total. The van der Waals surface area contributed by atoms with Crippen molar-refractivity contribution in [3.63, 3.8) is 0 Å². The third-order valence-electron chi connectivity index (χ3n) is 4.96. The lowest BCUT2D eigenvalue weighted by Crippen LogP contribution is -2.52. The number of hydrogen-bond acceptors (Lipinski definition) is 8. The molecule has 0 aromatic carbocycles. The van der Waals surface area contributed by atoms with Crippen LogP contribution in [0, 0.1) is 11.5 Å². The zero-order valence-corrected chi connectivity index (χ0v) is 14.7. The van der Waals surface area contributed by atoms with Crippen molar-refractivity contribution < 1.29 is 4.74 Å². The summed E-state index contributed by atoms with van der Waals surface area (Å²) in [5, 5.41) is 9.02. The van der Waals surface area contributed by atoms with E-state index in [4.69, 9.17) is 10.00 Å². The van der Waals surface area contributed by atoms with Gasteiger partial charge in [0.05, 0.1) is 11.8 Å². The SMILES string of the molecule is COC1CN(c2cc(N3CCN(C4CCN(C#N)C4)S3)ccn2)C1. The van der Waals surface area contributed by atoms with Crippen molar-refractivity contribution in [1.82, 2.24) is 14.2 Å². The number of hydrogen-bond donors (Lipinski definition) is 0. The average molecular weight is 346 g/mol. The Bertz CT molecular complexity index is 631. The highest BCUT2D eigenvalue weighted by Crippen LogP contribution is 2.35. The van der Waals surface area contributed by atoms with Crippen LogP contribution in [0.4, 0.5) is 11.5 Å². The van der Waals surface area contributed by atoms with E-state index in [1.54, 1.807) is 19.2 Å². The Kier molecular flexibility index (Phi) is 4.39. The molecule has 1 atom stereocenters. The molecule has 0 amide bonds. The molecule has 3 fully saturated rings. The van der Waals surface area contributed by atoms with Crippen LogP contribution in [0.3, 0.4) is 0 Å². The molecule has 128 valence electrons. The Hall–Kier alpha value is -1.69. The number of anilines is 2. The second-order valence-corrected chi connectivity index (χ2v) is 7.52. The van der Waals surface area contributed by atoms with Crippen LogP contribution in [-0.4, -0.2) is 72.7 Å². The number of ether oxygens (including phenoxy) is 1. The van der Waals surface area contributed by atoms with Crippen LogP contribution >= 0.6 is 12.1 Å². The van der Waals surface area contributed by atoms with Gasteiger partial charge in [-0.3, -0.25) is 0 Å². The van der Waals surface area contributed by atoms with Gasteiger partial charge in [0.25, 0.3) is 0 Å². The van der Waals surface area contributed by atoms with E-state index in [-0.39, 0.29) is 0 Å². The Morgan fingerprint density at radius 2 is 2.17 bits per heavy atom. The van der Waals surface area contributed by atoms with Crippen LogP contribution < -0.4 is 9.21 Å². The molecule has 0 bridgehead atoms. The number of aromatic nitrogens is 1. The van der Waals surface area contributed by atoms with E-state index in [0.717, 1.165) is 51.5 Å². The zero-order chi connectivity index (χ0) is 16.5. The fraction of sp³-hybridized carbons (Fsp3) is 0.625. The van der Waals surface area contributed by atoms with Crippen molar-refractivity contribution in [1.29, 1.82) is 5.26 Å². The van der Waals surface area contributed by atoms with E-state index in [0.29, 0.717) is 12.1 Å². The van der Waals surface area contributed by atoms with Gasteiger partial charge in [-0.05, 0) is 12.5 Å². The molecule has 0 saturated carbocycles. The van der Waals surface area contributed by atoms with Gasteiger partial charge in [-0.15, -0.1) is 0 Å². The number of nitrogens with zero attached hydrogens (tertiary/aromatic N) is 6. The van der Waals surface area contributed by atoms with Gasteiger partial charge in [0.2, 0.25) is 0 Å². The number of likely N-dealkylation sites (tertiary alicyclic amines) is 1. The first-order valence-electron chi connectivity index (χ1n) is 8.37. The average Bonchev–Trinajstić information content (AvgIpc) is 3.23. The van der Waals surface area contributed by atoms with E-state index in [9.17, 15) is 0 Å². The maximum Gasteiger partial charge on any atom is 0.179 e. The van der Waals surface area contributed by atoms with E-state index in [1.807, 2.05) is 11.1 Å². The quantitative estimate of drug-likeness (QED) is 0.595. The van der Waals surface area contributed by atoms with Gasteiger partial charge in [0.1, 0.15) is 5.82 Å². The molecule has 3 aliphatic rings. The van der Waals surface area contributed by atoms with Gasteiger partial charge >= 0.3 is 0 Å². The summed E-state index contributed by atoms with van der Waals surface area (Å²) in [4.78, 5) is 8.60. The van der Waals surface area contributed by atoms with Crippen LogP contribution in [0.5, 0.6) is 0 Å². The van der Waals surface area contributed by atoms with Crippen molar-refractivity contribution in [3.8, 4) is 6.19 Å². The topological polar surface area (TPSA) is 58.9 Å². The zero-order valence-electron chi connectivity index (χ0n) is 13.8. The molecule has 1 unspecified atom stereocenters. The van der Waals surface area contributed by atoms with Gasteiger partial charge < -0.3 is 18.8 Å². The van der Waals surface area contributed by atoms with E-state index < -0.39 is 0 Å². The van der Waals surface area contributed by atoms with E-state index in [2.05, 4.69) is 36.8 Å². The predicted octanol–water partition coefficient (Wildman–Crippen LogP) is 1.16. The fourth-order valence-electron chi connectivity index (χ4n) is 3.40. The molecular formula is C16H22N6OS. The Morgan fingerprint density at radius 1 is 1.29 bits per heavy atom. The highest BCUT2D eigenvalue weighted by atomic mass is 32.2. The van der Waals surface area contributed by atoms with E-state index >= 15 is 0 Å². The van der Waals surface area contributed by atoms with Gasteiger partial charge in [-0.2, -0.15) is 5.26 Å². The van der Waals surface area contributed by atoms with Gasteiger partial charge in [-0.1, -0.05) is 0 Å². The molecule has 24 heavy (non-hydrogen) atoms. The van der Waals surface area contributed by atoms with Crippen LogP contribution in [0.2, 0.25) is 0 Å². The Labute approximate surface area is 147 Å². The summed E-state index contributed by atoms with van der Waals surface area (Å²) >= 11 is 1.78. The number of methoxy groups -OCH3 is 1. The van der Waals surface area contributed by atoms with Crippen molar-refractivity contribution in [2.24, 2.45) is 0 Å². The molecule has 0 radical (unpaired) electrons. The lowest BCUT2D eigenvalue weighted by molar-refractivity contribution is 0.0783. The van der Waals surface area contributed by atoms with Crippen molar-refractivity contribution in [2.45, 2.75) is 18.6 Å². The third-order valence-corrected chi connectivity index (χ3v) is 6.24. The highest BCUT2D eigenvalue weighted by Gasteiger charge is 2.33. The largest absolute Gasteiger partial charge is 0.378 e. The van der Waals surface area contributed by atoms with Crippen LogP contribution in [0.15, 0.2) is 18.3 Å². The van der Waals surface area contributed by atoms with Crippen molar-refractivity contribution >= 4 is 23.6 Å². The molecule has 0 spiro atoms. The lowest BCUT2D eigenvalue weighted by Gasteiger charge is -2.39. The maximum atomic E-state index is 9.02. The minimum Gasteiger partial charge on any atom is -0.378 e. The normalized spacial score (nSPS) is 25.2. The molecule has 8 heteroatoms. The summed E-state index contributed by atoms with van der Waals surface area (Å²) in [6, 6.07) is 4.71. The summed E-state index contributed by atoms with van der Waals surface area (Å²) in [5.41, 5.74) is 1.20. The second-order valence-electron chi connectivity index (χ2n) is 6.45. The summed E-state index contributed by atoms with van der Waals surface area (Å²) in [6.07, 6.45) is 5.55. The number of nitriles is 1. The maximum absolute atomic E-state index is 9.02. The molecule has 7 nitrogen and oxygen atoms in total. The van der Waals surface area contributed by atoms with Crippen LogP contribution in [-0.2, 0) is 4.74 Å². The Morgan fingerprint density at radius 3 is 2.92 bits per heavy atom. The summed E-state index contributed by atoms with van der Waals surface area (Å²) in [7, 11) is 1.76. The Balaban J connectivity index is 1.38. The molecule has 3 saturated heterocycles. The minimum absolute atomic E-state index is 0.331. The predicted molar refractivity (Wildman–Crippen MR) is 94.5 cm³/mol. The first-order valence-corrected chi connectivity index (χ1v) is 9.10. The van der Waals surface area contributed by atoms with Gasteiger partial charge in [0, 0.05) is 76.8 Å². The standard InChI is InChI=1S/C16H22N6OS/c1-23-15-10-20(11-15)16-8-13(2-4-18-16)21-6-7-22(24-21)14-3-5-19(9-14)12-17/h2,4,8,14-15H,3,5-7,9-11H2,1H3. The molecular weight excluding hydrogens is 324 g/mol. The molecule has 4 rings (SSSR count). The fourth-order valence-corrected chi connectivity index (χ4v) is 4.49. The van der Waals surface area contributed by atoms with Gasteiger partial charge in [0.15, 0.2) is 6.19 Å². The molecule has 1 aromatic rings. The summed E-state index contributed by atoms with van der Waals surface area (Å²) in [5.74, 6) is 1.02.